The van der Waals surface area contributed by atoms with E-state index >= 15 is 0 Å². The molecule has 39 heavy (non-hydrogen) atoms. The van der Waals surface area contributed by atoms with E-state index in [-0.39, 0.29) is 50.2 Å². The largest absolute Gasteiger partial charge is 0.464 e. The smallest absolute Gasteiger partial charge is 0.254 e. The van der Waals surface area contributed by atoms with Crippen LogP contribution in [-0.2, 0) is 17.9 Å². The fourth-order valence-corrected chi connectivity index (χ4v) is 4.49. The number of rotatable bonds is 9. The molecule has 2 amide bonds. The van der Waals surface area contributed by atoms with E-state index in [1.807, 2.05) is 43.3 Å². The second-order valence-corrected chi connectivity index (χ2v) is 9.37. The van der Waals surface area contributed by atoms with Crippen LogP contribution >= 0.6 is 0 Å². The third-order valence-corrected chi connectivity index (χ3v) is 6.51. The lowest BCUT2D eigenvalue weighted by Gasteiger charge is -2.27. The van der Waals surface area contributed by atoms with Gasteiger partial charge in [-0.25, -0.2) is 0 Å². The lowest BCUT2D eigenvalue weighted by molar-refractivity contribution is -0.133. The highest BCUT2D eigenvalue weighted by Gasteiger charge is 2.25. The van der Waals surface area contributed by atoms with Crippen molar-refractivity contribution < 1.29 is 23.5 Å². The Hall–Kier alpha value is -4.85. The van der Waals surface area contributed by atoms with Crippen LogP contribution in [0.4, 0.5) is 0 Å². The van der Waals surface area contributed by atoms with E-state index in [0.29, 0.717) is 33.6 Å². The van der Waals surface area contributed by atoms with Crippen LogP contribution in [-0.4, -0.2) is 41.5 Å². The number of hydrogen-bond donors (Lipinski definition) is 0. The molecule has 5 rings (SSSR count). The van der Waals surface area contributed by atoms with Crippen LogP contribution in [0.25, 0.3) is 11.0 Å². The molecule has 3 aromatic carbocycles. The van der Waals surface area contributed by atoms with Gasteiger partial charge in [0.05, 0.1) is 23.8 Å². The predicted molar refractivity (Wildman–Crippen MR) is 147 cm³/mol. The Labute approximate surface area is 225 Å². The molecule has 0 bridgehead atoms. The Morgan fingerprint density at radius 3 is 2.54 bits per heavy atom. The molecule has 0 saturated heterocycles. The molecule has 0 aliphatic carbocycles. The maximum Gasteiger partial charge on any atom is 0.254 e. The lowest BCUT2D eigenvalue weighted by atomic mass is 10.1. The molecule has 0 N–H and O–H groups in total. The topological polar surface area (TPSA) is 89.3 Å². The van der Waals surface area contributed by atoms with Crippen molar-refractivity contribution in [1.82, 2.24) is 9.80 Å². The summed E-state index contributed by atoms with van der Waals surface area (Å²) >= 11 is 0. The maximum atomic E-state index is 13.7. The highest BCUT2D eigenvalue weighted by molar-refractivity contribution is 5.97. The second-order valence-electron chi connectivity index (χ2n) is 9.37. The Morgan fingerprint density at radius 2 is 1.74 bits per heavy atom. The number of benzene rings is 3. The summed E-state index contributed by atoms with van der Waals surface area (Å²) in [5, 5.41) is 0.464. The van der Waals surface area contributed by atoms with Crippen molar-refractivity contribution in [3.8, 4) is 11.5 Å². The first kappa shape index (κ1) is 25.8. The van der Waals surface area contributed by atoms with Gasteiger partial charge in [-0.05, 0) is 42.8 Å². The lowest BCUT2D eigenvalue weighted by Crippen LogP contribution is -2.43. The molecule has 1 aliphatic heterocycles. The maximum absolute atomic E-state index is 13.7. The van der Waals surface area contributed by atoms with Gasteiger partial charge in [0, 0.05) is 18.7 Å². The van der Waals surface area contributed by atoms with Crippen molar-refractivity contribution in [2.24, 2.45) is 0 Å². The van der Waals surface area contributed by atoms with Gasteiger partial charge in [0.25, 0.3) is 5.91 Å². The molecule has 8 nitrogen and oxygen atoms in total. The first-order valence-electron chi connectivity index (χ1n) is 12.6. The molecule has 198 valence electrons. The van der Waals surface area contributed by atoms with E-state index in [2.05, 4.69) is 6.58 Å². The number of amides is 2. The van der Waals surface area contributed by atoms with Crippen molar-refractivity contribution >= 4 is 22.8 Å². The number of aryl methyl sites for hydroxylation is 1. The first-order valence-corrected chi connectivity index (χ1v) is 12.6. The molecular weight excluding hydrogens is 496 g/mol. The van der Waals surface area contributed by atoms with Gasteiger partial charge in [-0.2, -0.15) is 0 Å². The van der Waals surface area contributed by atoms with Gasteiger partial charge < -0.3 is 23.7 Å². The summed E-state index contributed by atoms with van der Waals surface area (Å²) in [6.07, 6.45) is 2.98. The molecule has 8 heteroatoms. The van der Waals surface area contributed by atoms with Gasteiger partial charge in [0.15, 0.2) is 16.9 Å². The average Bonchev–Trinajstić information content (AvgIpc) is 3.42. The molecular formula is C31H28N2O6. The summed E-state index contributed by atoms with van der Waals surface area (Å²) in [5.74, 6) is 0.381. The van der Waals surface area contributed by atoms with Crippen molar-refractivity contribution in [3.05, 3.63) is 118 Å². The van der Waals surface area contributed by atoms with Crippen LogP contribution in [0, 0.1) is 6.92 Å². The van der Waals surface area contributed by atoms with Gasteiger partial charge in [0.2, 0.25) is 12.7 Å². The molecule has 2 heterocycles. The summed E-state index contributed by atoms with van der Waals surface area (Å²) < 4.78 is 16.5. The van der Waals surface area contributed by atoms with Gasteiger partial charge in [-0.15, -0.1) is 6.58 Å². The fraction of sp³-hybridized carbons (Fsp3) is 0.194. The number of nitrogens with zero attached hydrogens (tertiary/aromatic N) is 2. The molecule has 0 fully saturated rings. The van der Waals surface area contributed by atoms with Gasteiger partial charge in [-0.1, -0.05) is 48.0 Å². The third-order valence-electron chi connectivity index (χ3n) is 6.51. The van der Waals surface area contributed by atoms with E-state index in [1.54, 1.807) is 41.3 Å². The first-order chi connectivity index (χ1) is 18.9. The molecule has 0 unspecified atom stereocenters. The fourth-order valence-electron chi connectivity index (χ4n) is 4.49. The van der Waals surface area contributed by atoms with E-state index in [4.69, 9.17) is 13.9 Å². The van der Waals surface area contributed by atoms with Crippen molar-refractivity contribution in [3.63, 3.8) is 0 Å². The quantitative estimate of drug-likeness (QED) is 0.295. The molecule has 0 saturated carbocycles. The average molecular weight is 525 g/mol. The monoisotopic (exact) mass is 524 g/mol. The standard InChI is InChI=1S/C31H28N2O6/c1-3-13-32(31(36)23-10-12-27-28(15-23)39-20-38-27)18-29(34)33(16-22-7-5-4-6-8-22)17-24-19-37-26-11-9-21(2)14-25(26)30(24)35/h3-12,14-15,19H,1,13,16-18,20H2,2H3. The molecule has 1 aromatic heterocycles. The zero-order valence-corrected chi connectivity index (χ0v) is 21.6. The predicted octanol–water partition coefficient (Wildman–Crippen LogP) is 4.69. The summed E-state index contributed by atoms with van der Waals surface area (Å²) in [7, 11) is 0. The SMILES string of the molecule is C=CCN(CC(=O)N(Cc1ccccc1)Cc1coc2ccc(C)cc2c1=O)C(=O)c1ccc2c(c1)OCO2. The van der Waals surface area contributed by atoms with Crippen LogP contribution in [0.3, 0.4) is 0 Å². The van der Waals surface area contributed by atoms with Gasteiger partial charge >= 0.3 is 0 Å². The number of fused-ring (bicyclic) bond motifs is 2. The number of carbonyl (C=O) groups is 2. The minimum absolute atomic E-state index is 0.0279. The number of hydrogen-bond acceptors (Lipinski definition) is 6. The zero-order valence-electron chi connectivity index (χ0n) is 21.6. The molecule has 0 spiro atoms. The zero-order chi connectivity index (χ0) is 27.4. The van der Waals surface area contributed by atoms with Crippen LogP contribution in [0.1, 0.15) is 27.0 Å². The third kappa shape index (κ3) is 5.70. The van der Waals surface area contributed by atoms with E-state index in [1.165, 1.54) is 11.2 Å². The van der Waals surface area contributed by atoms with E-state index in [0.717, 1.165) is 11.1 Å². The minimum Gasteiger partial charge on any atom is -0.464 e. The summed E-state index contributed by atoms with van der Waals surface area (Å²) in [5.41, 5.74) is 2.85. The second kappa shape index (κ2) is 11.3. The van der Waals surface area contributed by atoms with Gasteiger partial charge in [-0.3, -0.25) is 14.4 Å². The van der Waals surface area contributed by atoms with Crippen LogP contribution in [0.5, 0.6) is 11.5 Å². The number of carbonyl (C=O) groups excluding carboxylic acids is 2. The summed E-state index contributed by atoms with van der Waals surface area (Å²) in [6, 6.07) is 19.8. The van der Waals surface area contributed by atoms with Gasteiger partial charge in [0.1, 0.15) is 12.1 Å². The minimum atomic E-state index is -0.345. The highest BCUT2D eigenvalue weighted by atomic mass is 16.7. The molecule has 4 aromatic rings. The van der Waals surface area contributed by atoms with Crippen LogP contribution in [0.15, 0.2) is 94.9 Å². The Morgan fingerprint density at radius 1 is 0.949 bits per heavy atom. The van der Waals surface area contributed by atoms with Crippen LogP contribution in [0.2, 0.25) is 0 Å². The molecule has 1 aliphatic rings. The van der Waals surface area contributed by atoms with E-state index in [9.17, 15) is 14.4 Å². The van der Waals surface area contributed by atoms with Crippen LogP contribution < -0.4 is 14.9 Å². The molecule has 0 atom stereocenters. The Kier molecular flexibility index (Phi) is 7.45. The Bertz CT molecular complexity index is 1590. The number of ether oxygens (including phenoxy) is 2. The highest BCUT2D eigenvalue weighted by Crippen LogP contribution is 2.32. The molecule has 0 radical (unpaired) electrons. The van der Waals surface area contributed by atoms with Crippen molar-refractivity contribution in [1.29, 1.82) is 0 Å². The normalized spacial score (nSPS) is 11.8. The van der Waals surface area contributed by atoms with Crippen molar-refractivity contribution in [2.75, 3.05) is 19.9 Å². The Balaban J connectivity index is 1.42. The summed E-state index contributed by atoms with van der Waals surface area (Å²) in [6.45, 7) is 5.99. The van der Waals surface area contributed by atoms with E-state index < -0.39 is 0 Å². The summed E-state index contributed by atoms with van der Waals surface area (Å²) in [4.78, 5) is 43.4. The van der Waals surface area contributed by atoms with Crippen molar-refractivity contribution in [2.45, 2.75) is 20.0 Å².